The first kappa shape index (κ1) is 19.6. The van der Waals surface area contributed by atoms with Crippen molar-refractivity contribution in [1.29, 1.82) is 0 Å². The zero-order valence-corrected chi connectivity index (χ0v) is 15.9. The lowest BCUT2D eigenvalue weighted by atomic mass is 10.2. The fraction of sp³-hybridized carbons (Fsp3) is 0.300. The molecule has 0 aliphatic carbocycles. The van der Waals surface area contributed by atoms with Crippen molar-refractivity contribution in [3.8, 4) is 0 Å². The lowest BCUT2D eigenvalue weighted by Gasteiger charge is -2.28. The molecule has 4 nitrogen and oxygen atoms in total. The van der Waals surface area contributed by atoms with E-state index < -0.39 is 8.56 Å². The molecule has 0 aliphatic heterocycles. The Balaban J connectivity index is 2.32. The van der Waals surface area contributed by atoms with Gasteiger partial charge in [0, 0.05) is 14.2 Å². The molecule has 25 heavy (non-hydrogen) atoms. The first-order valence-electron chi connectivity index (χ1n) is 8.36. The van der Waals surface area contributed by atoms with E-state index >= 15 is 0 Å². The van der Waals surface area contributed by atoms with Gasteiger partial charge >= 0.3 is 8.56 Å². The summed E-state index contributed by atoms with van der Waals surface area (Å²) in [6, 6.07) is 20.3. The first-order valence-corrected chi connectivity index (χ1v) is 10.3. The molecule has 2 rings (SSSR count). The number of rotatable bonds is 11. The van der Waals surface area contributed by atoms with Gasteiger partial charge in [-0.05, 0) is 16.4 Å². The minimum absolute atomic E-state index is 0.476. The van der Waals surface area contributed by atoms with Crippen LogP contribution in [0.5, 0.6) is 0 Å². The fourth-order valence-corrected chi connectivity index (χ4v) is 5.04. The SMILES string of the molecule is COCCO[Si](C=Cc1ccccc1)(OCCOC)c1ccccc1. The Morgan fingerprint density at radius 1 is 0.720 bits per heavy atom. The molecule has 0 unspecified atom stereocenters. The Morgan fingerprint density at radius 2 is 1.24 bits per heavy atom. The molecule has 0 amide bonds. The Labute approximate surface area is 151 Å². The van der Waals surface area contributed by atoms with E-state index in [1.54, 1.807) is 14.2 Å². The standard InChI is InChI=1S/C20H26O4Si/c1-21-14-16-23-25(24-17-15-22-2,20-11-7-4-8-12-20)18-13-19-9-5-3-6-10-19/h3-13,18H,14-17H2,1-2H3. The van der Waals surface area contributed by atoms with Crippen molar-refractivity contribution in [2.24, 2.45) is 0 Å². The minimum Gasteiger partial charge on any atom is -0.386 e. The molecule has 0 spiro atoms. The van der Waals surface area contributed by atoms with Crippen LogP contribution in [0.3, 0.4) is 0 Å². The highest BCUT2D eigenvalue weighted by molar-refractivity contribution is 6.86. The van der Waals surface area contributed by atoms with Gasteiger partial charge in [-0.1, -0.05) is 66.7 Å². The van der Waals surface area contributed by atoms with Crippen molar-refractivity contribution in [3.05, 3.63) is 71.9 Å². The second kappa shape index (κ2) is 11.0. The van der Waals surface area contributed by atoms with Crippen LogP contribution in [0.15, 0.2) is 66.4 Å². The number of methoxy groups -OCH3 is 2. The van der Waals surface area contributed by atoms with Crippen LogP contribution in [0.4, 0.5) is 0 Å². The molecule has 0 radical (unpaired) electrons. The third-order valence-corrected chi connectivity index (χ3v) is 6.69. The highest BCUT2D eigenvalue weighted by Crippen LogP contribution is 2.14. The van der Waals surface area contributed by atoms with Crippen LogP contribution in [0.25, 0.3) is 6.08 Å². The molecule has 134 valence electrons. The Kier molecular flexibility index (Phi) is 8.58. The zero-order valence-electron chi connectivity index (χ0n) is 14.9. The van der Waals surface area contributed by atoms with Crippen molar-refractivity contribution in [3.63, 3.8) is 0 Å². The summed E-state index contributed by atoms with van der Waals surface area (Å²) in [6.45, 7) is 2.00. The molecule has 0 fully saturated rings. The van der Waals surface area contributed by atoms with Crippen LogP contribution in [0.2, 0.25) is 0 Å². The van der Waals surface area contributed by atoms with E-state index in [2.05, 4.69) is 36.0 Å². The van der Waals surface area contributed by atoms with E-state index in [0.29, 0.717) is 26.4 Å². The molecule has 0 aromatic heterocycles. The predicted octanol–water partition coefficient (Wildman–Crippen LogP) is 2.91. The zero-order chi connectivity index (χ0) is 17.8. The van der Waals surface area contributed by atoms with Gasteiger partial charge < -0.3 is 18.3 Å². The van der Waals surface area contributed by atoms with Gasteiger partial charge in [0.25, 0.3) is 0 Å². The summed E-state index contributed by atoms with van der Waals surface area (Å²) < 4.78 is 22.9. The van der Waals surface area contributed by atoms with Gasteiger partial charge in [0.2, 0.25) is 0 Å². The minimum atomic E-state index is -2.77. The molecular formula is C20H26O4Si. The summed E-state index contributed by atoms with van der Waals surface area (Å²) in [5, 5.41) is 1.06. The van der Waals surface area contributed by atoms with Crippen molar-refractivity contribution in [1.82, 2.24) is 0 Å². The lowest BCUT2D eigenvalue weighted by molar-refractivity contribution is 0.0965. The van der Waals surface area contributed by atoms with Crippen LogP contribution >= 0.6 is 0 Å². The summed E-state index contributed by atoms with van der Waals surface area (Å²) in [4.78, 5) is 0. The number of ether oxygens (including phenoxy) is 2. The largest absolute Gasteiger partial charge is 0.399 e. The Morgan fingerprint density at radius 3 is 1.76 bits per heavy atom. The molecule has 0 bridgehead atoms. The Hall–Kier alpha value is -1.76. The average molecular weight is 359 g/mol. The molecule has 0 N–H and O–H groups in total. The lowest BCUT2D eigenvalue weighted by Crippen LogP contribution is -2.53. The topological polar surface area (TPSA) is 36.9 Å². The van der Waals surface area contributed by atoms with Gasteiger partial charge in [-0.15, -0.1) is 0 Å². The predicted molar refractivity (Wildman–Crippen MR) is 103 cm³/mol. The summed E-state index contributed by atoms with van der Waals surface area (Å²) in [7, 11) is 0.565. The summed E-state index contributed by atoms with van der Waals surface area (Å²) >= 11 is 0. The summed E-state index contributed by atoms with van der Waals surface area (Å²) in [5.41, 5.74) is 3.20. The van der Waals surface area contributed by atoms with E-state index in [1.165, 1.54) is 0 Å². The first-order chi connectivity index (χ1) is 12.3. The maximum absolute atomic E-state index is 6.27. The second-order valence-corrected chi connectivity index (χ2v) is 8.28. The summed E-state index contributed by atoms with van der Waals surface area (Å²) in [5.74, 6) is 0. The van der Waals surface area contributed by atoms with Gasteiger partial charge in [0.15, 0.2) is 0 Å². The van der Waals surface area contributed by atoms with Gasteiger partial charge in [0.05, 0.1) is 26.4 Å². The van der Waals surface area contributed by atoms with Crippen molar-refractivity contribution >= 4 is 19.8 Å². The highest BCUT2D eigenvalue weighted by atomic mass is 28.4. The van der Waals surface area contributed by atoms with Crippen LogP contribution in [0.1, 0.15) is 5.56 Å². The van der Waals surface area contributed by atoms with Crippen LogP contribution < -0.4 is 5.19 Å². The van der Waals surface area contributed by atoms with Gasteiger partial charge in [0.1, 0.15) is 0 Å². The monoisotopic (exact) mass is 358 g/mol. The van der Waals surface area contributed by atoms with E-state index in [-0.39, 0.29) is 0 Å². The molecule has 5 heteroatoms. The van der Waals surface area contributed by atoms with Gasteiger partial charge in [-0.25, -0.2) is 0 Å². The average Bonchev–Trinajstić information content (AvgIpc) is 2.67. The maximum atomic E-state index is 6.27. The van der Waals surface area contributed by atoms with Gasteiger partial charge in [-0.3, -0.25) is 0 Å². The maximum Gasteiger partial charge on any atom is 0.399 e. The van der Waals surface area contributed by atoms with Crippen molar-refractivity contribution < 1.29 is 18.3 Å². The summed E-state index contributed by atoms with van der Waals surface area (Å²) in [6.07, 6.45) is 2.07. The Bertz CT molecular complexity index is 606. The van der Waals surface area contributed by atoms with E-state index in [0.717, 1.165) is 10.8 Å². The third kappa shape index (κ3) is 6.23. The molecule has 0 saturated heterocycles. The van der Waals surface area contributed by atoms with Crippen LogP contribution in [-0.2, 0) is 18.3 Å². The number of hydrogen-bond donors (Lipinski definition) is 0. The fourth-order valence-electron chi connectivity index (χ4n) is 2.39. The van der Waals surface area contributed by atoms with Crippen molar-refractivity contribution in [2.45, 2.75) is 0 Å². The van der Waals surface area contributed by atoms with Crippen LogP contribution in [0, 0.1) is 0 Å². The van der Waals surface area contributed by atoms with E-state index in [1.807, 2.05) is 36.4 Å². The van der Waals surface area contributed by atoms with E-state index in [9.17, 15) is 0 Å². The second-order valence-electron chi connectivity index (χ2n) is 5.46. The quantitative estimate of drug-likeness (QED) is 0.457. The van der Waals surface area contributed by atoms with Gasteiger partial charge in [-0.2, -0.15) is 0 Å². The molecule has 0 saturated carbocycles. The van der Waals surface area contributed by atoms with Crippen molar-refractivity contribution in [2.75, 3.05) is 40.6 Å². The molecule has 2 aromatic carbocycles. The number of hydrogen-bond acceptors (Lipinski definition) is 4. The molecule has 0 atom stereocenters. The van der Waals surface area contributed by atoms with E-state index in [4.69, 9.17) is 18.3 Å². The smallest absolute Gasteiger partial charge is 0.386 e. The molecule has 0 aliphatic rings. The third-order valence-electron chi connectivity index (χ3n) is 3.68. The van der Waals surface area contributed by atoms with Crippen LogP contribution in [-0.4, -0.2) is 49.2 Å². The normalized spacial score (nSPS) is 11.9. The molecule has 0 heterocycles. The number of benzene rings is 2. The molecule has 2 aromatic rings. The highest BCUT2D eigenvalue weighted by Gasteiger charge is 2.37. The molecular weight excluding hydrogens is 332 g/mol.